The average molecular weight is 1220 g/mol. The predicted molar refractivity (Wildman–Crippen MR) is 320 cm³/mol. The average Bonchev–Trinajstić information content (AvgIpc) is 3.24. The number of anilines is 3. The summed E-state index contributed by atoms with van der Waals surface area (Å²) in [5.74, 6) is -1.01. The summed E-state index contributed by atoms with van der Waals surface area (Å²) in [5.41, 5.74) is 0.756. The first-order chi connectivity index (χ1) is 39.8. The molecule has 0 radical (unpaired) electrons. The molecule has 5 aromatic carbocycles. The van der Waals surface area contributed by atoms with Gasteiger partial charge in [0.15, 0.2) is 0 Å². The van der Waals surface area contributed by atoms with E-state index < -0.39 is 52.8 Å². The molecule has 4 fully saturated rings. The van der Waals surface area contributed by atoms with Crippen molar-refractivity contribution >= 4 is 83.6 Å². The molecule has 0 saturated carbocycles. The Labute approximate surface area is 493 Å². The van der Waals surface area contributed by atoms with Gasteiger partial charge in [0.1, 0.15) is 4.90 Å². The highest BCUT2D eigenvalue weighted by molar-refractivity contribution is 7.99. The Kier molecular flexibility index (Phi) is 19.2. The van der Waals surface area contributed by atoms with Crippen LogP contribution in [-0.4, -0.2) is 152 Å². The number of hydrogen-bond donors (Lipinski definition) is 3. The van der Waals surface area contributed by atoms with Crippen LogP contribution in [0.2, 0.25) is 5.02 Å². The van der Waals surface area contributed by atoms with Crippen molar-refractivity contribution in [1.82, 2.24) is 24.7 Å². The van der Waals surface area contributed by atoms with Crippen molar-refractivity contribution in [3.63, 3.8) is 0 Å². The molecular formula is C61H70ClF3N8O7S3. The van der Waals surface area contributed by atoms with Crippen LogP contribution >= 0.6 is 23.4 Å². The number of nitrogens with zero attached hydrogens (tertiary/aromatic N) is 5. The van der Waals surface area contributed by atoms with Crippen molar-refractivity contribution in [3.8, 4) is 0 Å². The molecule has 4 aliphatic heterocycles. The summed E-state index contributed by atoms with van der Waals surface area (Å²) in [4.78, 5) is 48.0. The number of amides is 3. The number of alkyl halides is 3. The highest BCUT2D eigenvalue weighted by Gasteiger charge is 2.48. The number of piperazine rings is 2. The fraction of sp³-hybridized carbons (Fsp3) is 0.426. The first kappa shape index (κ1) is 60.2. The minimum absolute atomic E-state index is 0.00754. The van der Waals surface area contributed by atoms with Gasteiger partial charge < -0.3 is 24.9 Å². The van der Waals surface area contributed by atoms with E-state index in [1.54, 1.807) is 12.1 Å². The number of carbonyl (C=O) groups excluding carboxylic acids is 3. The number of nitrogens with one attached hydrogen (secondary N) is 3. The number of benzene rings is 5. The van der Waals surface area contributed by atoms with Crippen molar-refractivity contribution in [2.75, 3.05) is 106 Å². The summed E-state index contributed by atoms with van der Waals surface area (Å²) in [6.45, 7) is 10.5. The fourth-order valence-electron chi connectivity index (χ4n) is 11.8. The lowest BCUT2D eigenvalue weighted by Gasteiger charge is -2.45. The molecule has 1 unspecified atom stereocenters. The molecule has 2 atom stereocenters. The Morgan fingerprint density at radius 3 is 2.06 bits per heavy atom. The molecule has 5 aliphatic rings. The summed E-state index contributed by atoms with van der Waals surface area (Å²) in [7, 11) is -11.0. The zero-order valence-electron chi connectivity index (χ0n) is 46.2. The van der Waals surface area contributed by atoms with Crippen molar-refractivity contribution in [2.24, 2.45) is 5.92 Å². The minimum Gasteiger partial charge on any atom is -0.380 e. The molecule has 4 saturated heterocycles. The summed E-state index contributed by atoms with van der Waals surface area (Å²) >= 11 is 7.66. The number of thioether (sulfide) groups is 1. The number of sulfonamides is 1. The molecule has 83 heavy (non-hydrogen) atoms. The maximum atomic E-state index is 14.5. The van der Waals surface area contributed by atoms with Crippen LogP contribution in [0.15, 0.2) is 142 Å². The molecular weight excluding hydrogens is 1150 g/mol. The highest BCUT2D eigenvalue weighted by Crippen LogP contribution is 2.38. The van der Waals surface area contributed by atoms with E-state index in [-0.39, 0.29) is 23.3 Å². The van der Waals surface area contributed by atoms with E-state index in [4.69, 9.17) is 11.6 Å². The zero-order chi connectivity index (χ0) is 58.3. The van der Waals surface area contributed by atoms with Gasteiger partial charge >= 0.3 is 5.51 Å². The second-order valence-corrected chi connectivity index (χ2v) is 27.4. The maximum absolute atomic E-state index is 14.5. The molecule has 22 heteroatoms. The van der Waals surface area contributed by atoms with Gasteiger partial charge in [-0.05, 0) is 134 Å². The third-order valence-corrected chi connectivity index (χ3v) is 20.9. The summed E-state index contributed by atoms with van der Waals surface area (Å²) in [6, 6.07) is 33.9. The second kappa shape index (κ2) is 26.5. The van der Waals surface area contributed by atoms with Crippen LogP contribution in [0.1, 0.15) is 78.8 Å². The monoisotopic (exact) mass is 1210 g/mol. The standard InChI is InChI=1S/C61H70ClF3N8O7S3/c62-48-17-11-44(12-18-48)54-10-6-1-3-7-47(54)41-71-33-35-72(36-34-71)50-21-15-46(16-22-50)59(75)68-83(79,80)53-23-25-56(57(37-53)82(77,78)61(63,64)65)66-49(42-81-52-8-4-2-5-9-52)27-28-69-29-31-70(32-30-69)38-43-39-73(40-43)51-19-13-45(14-20-51)55-24-26-58(74)67-60(55)76/h2,4-5,8-9,11-23,25,37,43,49,55,66H,1,3,6-7,10,24,26-36,38-42H2,(H,68,75)(H,67,74,76)/t49-,55?/m1/s1. The Bertz CT molecular complexity index is 3360. The van der Waals surface area contributed by atoms with Crippen LogP contribution in [0.25, 0.3) is 5.57 Å². The van der Waals surface area contributed by atoms with E-state index >= 15 is 0 Å². The first-order valence-corrected chi connectivity index (χ1v) is 32.8. The number of allylic oxidation sites excluding steroid dienone is 1. The smallest absolute Gasteiger partial charge is 0.380 e. The van der Waals surface area contributed by atoms with Gasteiger partial charge in [0.05, 0.1) is 16.5 Å². The SMILES string of the molecule is O=C1CCC(c2ccc(N3CC(CN4CCN(CC[C@H](CSc5ccccc5)Nc5ccc(S(=O)(=O)NC(=O)c6ccc(N7CCN(CC8=C(c9ccc(Cl)cc9)CCCCC8)CC7)cc6)cc5S(=O)(=O)C(F)(F)F)CC4)C3)cc2)C(=O)N1. The molecule has 0 bridgehead atoms. The van der Waals surface area contributed by atoms with E-state index in [1.807, 2.05) is 71.5 Å². The fourth-order valence-corrected chi connectivity index (χ4v) is 14.9. The van der Waals surface area contributed by atoms with Gasteiger partial charge in [0.25, 0.3) is 25.8 Å². The predicted octanol–water partition coefficient (Wildman–Crippen LogP) is 9.53. The van der Waals surface area contributed by atoms with Crippen LogP contribution in [0, 0.1) is 5.92 Å². The Morgan fingerprint density at radius 1 is 0.723 bits per heavy atom. The van der Waals surface area contributed by atoms with E-state index in [0.29, 0.717) is 48.6 Å². The lowest BCUT2D eigenvalue weighted by atomic mass is 9.90. The van der Waals surface area contributed by atoms with Gasteiger partial charge in [-0.3, -0.25) is 24.6 Å². The Hall–Kier alpha value is -5.94. The van der Waals surface area contributed by atoms with Crippen molar-refractivity contribution in [1.29, 1.82) is 0 Å². The van der Waals surface area contributed by atoms with E-state index in [1.165, 1.54) is 47.0 Å². The lowest BCUT2D eigenvalue weighted by molar-refractivity contribution is -0.134. The zero-order valence-corrected chi connectivity index (χ0v) is 49.4. The lowest BCUT2D eigenvalue weighted by Crippen LogP contribution is -2.55. The molecule has 442 valence electrons. The van der Waals surface area contributed by atoms with Crippen molar-refractivity contribution < 1.29 is 44.4 Å². The largest absolute Gasteiger partial charge is 0.501 e. The van der Waals surface area contributed by atoms with Crippen molar-refractivity contribution in [3.05, 3.63) is 149 Å². The molecule has 0 spiro atoms. The van der Waals surface area contributed by atoms with Gasteiger partial charge in [-0.2, -0.15) is 13.2 Å². The number of carbonyl (C=O) groups is 3. The number of imide groups is 1. The number of hydrogen-bond acceptors (Lipinski definition) is 14. The van der Waals surface area contributed by atoms with Crippen LogP contribution in [0.4, 0.5) is 30.2 Å². The normalized spacial score (nSPS) is 19.7. The topological polar surface area (TPSA) is 172 Å². The Morgan fingerprint density at radius 2 is 1.37 bits per heavy atom. The summed E-state index contributed by atoms with van der Waals surface area (Å²) in [6.07, 6.45) is 6.89. The van der Waals surface area contributed by atoms with Crippen molar-refractivity contribution in [2.45, 2.75) is 83.5 Å². The van der Waals surface area contributed by atoms with Gasteiger partial charge in [-0.25, -0.2) is 21.6 Å². The van der Waals surface area contributed by atoms with E-state index in [9.17, 15) is 44.4 Å². The number of halogens is 4. The number of sulfone groups is 1. The van der Waals surface area contributed by atoms with E-state index in [2.05, 4.69) is 47.3 Å². The van der Waals surface area contributed by atoms with Gasteiger partial charge in [0, 0.05) is 136 Å². The summed E-state index contributed by atoms with van der Waals surface area (Å²) in [5, 5.41) is 6.21. The molecule has 3 N–H and O–H groups in total. The molecule has 3 amide bonds. The van der Waals surface area contributed by atoms with Crippen LogP contribution in [0.5, 0.6) is 0 Å². The number of rotatable bonds is 20. The van der Waals surface area contributed by atoms with Crippen LogP contribution in [-0.2, 0) is 29.4 Å². The van der Waals surface area contributed by atoms with Crippen LogP contribution < -0.4 is 25.2 Å². The molecule has 10 rings (SSSR count). The first-order valence-electron chi connectivity index (χ1n) is 28.5. The molecule has 15 nitrogen and oxygen atoms in total. The number of piperidine rings is 1. The molecule has 0 aromatic heterocycles. The quantitative estimate of drug-likeness (QED) is 0.0497. The van der Waals surface area contributed by atoms with Gasteiger partial charge in [-0.1, -0.05) is 66.1 Å². The Balaban J connectivity index is 0.741. The molecule has 5 aromatic rings. The third-order valence-electron chi connectivity index (χ3n) is 16.6. The van der Waals surface area contributed by atoms with Gasteiger partial charge in [0.2, 0.25) is 11.8 Å². The van der Waals surface area contributed by atoms with Crippen LogP contribution in [0.3, 0.4) is 0 Å². The molecule has 4 heterocycles. The summed E-state index contributed by atoms with van der Waals surface area (Å²) < 4.78 is 99.6. The maximum Gasteiger partial charge on any atom is 0.501 e. The van der Waals surface area contributed by atoms with Gasteiger partial charge in [-0.15, -0.1) is 11.8 Å². The van der Waals surface area contributed by atoms with E-state index in [0.717, 1.165) is 138 Å². The molecule has 1 aliphatic carbocycles. The highest BCUT2D eigenvalue weighted by atomic mass is 35.5. The second-order valence-electron chi connectivity index (χ2n) is 22.3. The minimum atomic E-state index is -6.11. The third kappa shape index (κ3) is 15.1.